The number of carbonyl (C=O) groups excluding carboxylic acids is 1. The summed E-state index contributed by atoms with van der Waals surface area (Å²) in [6, 6.07) is -0.898. The number of rotatable bonds is 5. The minimum Gasteiger partial charge on any atom is -0.480 e. The Hall–Kier alpha value is -1.30. The number of carboxylic acid groups (broad SMARTS) is 1. The van der Waals surface area contributed by atoms with Gasteiger partial charge in [-0.15, -0.1) is 0 Å². The molecule has 0 aliphatic carbocycles. The molecule has 4 N–H and O–H groups in total. The average molecular weight is 246 g/mol. The highest BCUT2D eigenvalue weighted by Crippen LogP contribution is 2.07. The topological polar surface area (TPSA) is 102 Å². The fourth-order valence-electron chi connectivity index (χ4n) is 1.19. The lowest BCUT2D eigenvalue weighted by Gasteiger charge is -2.21. The Morgan fingerprint density at radius 3 is 2.35 bits per heavy atom. The molecule has 2 atom stereocenters. The first-order valence-corrected chi connectivity index (χ1v) is 5.57. The van der Waals surface area contributed by atoms with E-state index in [0.29, 0.717) is 13.0 Å². The minimum absolute atomic E-state index is 0.0198. The summed E-state index contributed by atoms with van der Waals surface area (Å²) in [6.45, 7) is 7.49. The molecule has 0 aromatic carbocycles. The van der Waals surface area contributed by atoms with Gasteiger partial charge in [0, 0.05) is 6.54 Å². The van der Waals surface area contributed by atoms with E-state index in [0.717, 1.165) is 0 Å². The quantitative estimate of drug-likeness (QED) is 0.670. The van der Waals surface area contributed by atoms with Crippen molar-refractivity contribution in [1.82, 2.24) is 5.32 Å². The van der Waals surface area contributed by atoms with Crippen molar-refractivity contribution >= 4 is 12.1 Å². The molecule has 17 heavy (non-hydrogen) atoms. The molecule has 0 spiro atoms. The second-order valence-electron chi connectivity index (χ2n) is 5.17. The van der Waals surface area contributed by atoms with Crippen LogP contribution in [-0.2, 0) is 9.53 Å². The Labute approximate surface area is 102 Å². The summed E-state index contributed by atoms with van der Waals surface area (Å²) in [5.41, 5.74) is 4.85. The van der Waals surface area contributed by atoms with Gasteiger partial charge in [0.2, 0.25) is 0 Å². The Kier molecular flexibility index (Phi) is 5.95. The van der Waals surface area contributed by atoms with Crippen molar-refractivity contribution in [2.45, 2.75) is 45.8 Å². The fourth-order valence-corrected chi connectivity index (χ4v) is 1.19. The van der Waals surface area contributed by atoms with Gasteiger partial charge in [0.25, 0.3) is 0 Å². The lowest BCUT2D eigenvalue weighted by atomic mass is 10.0. The first-order chi connectivity index (χ1) is 7.61. The van der Waals surface area contributed by atoms with Crippen LogP contribution < -0.4 is 11.1 Å². The second kappa shape index (κ2) is 6.44. The monoisotopic (exact) mass is 246 g/mol. The van der Waals surface area contributed by atoms with Crippen molar-refractivity contribution in [2.75, 3.05) is 6.54 Å². The van der Waals surface area contributed by atoms with Crippen LogP contribution in [0, 0.1) is 5.92 Å². The van der Waals surface area contributed by atoms with Crippen LogP contribution in [0.5, 0.6) is 0 Å². The van der Waals surface area contributed by atoms with E-state index in [4.69, 9.17) is 15.6 Å². The summed E-state index contributed by atoms with van der Waals surface area (Å²) >= 11 is 0. The van der Waals surface area contributed by atoms with E-state index >= 15 is 0 Å². The molecule has 1 unspecified atom stereocenters. The molecule has 1 amide bonds. The lowest BCUT2D eigenvalue weighted by molar-refractivity contribution is -0.138. The second-order valence-corrected chi connectivity index (χ2v) is 5.17. The van der Waals surface area contributed by atoms with Crippen LogP contribution in [0.15, 0.2) is 0 Å². The van der Waals surface area contributed by atoms with Crippen LogP contribution in [-0.4, -0.2) is 35.4 Å². The molecule has 0 aliphatic heterocycles. The van der Waals surface area contributed by atoms with Crippen LogP contribution in [0.4, 0.5) is 4.79 Å². The molecule has 0 saturated carbocycles. The van der Waals surface area contributed by atoms with Crippen molar-refractivity contribution in [1.29, 1.82) is 0 Å². The molecular formula is C11H22N2O4. The largest absolute Gasteiger partial charge is 0.480 e. The molecule has 0 aromatic rings. The number of ether oxygens (including phenoxy) is 1. The van der Waals surface area contributed by atoms with Crippen molar-refractivity contribution in [3.8, 4) is 0 Å². The van der Waals surface area contributed by atoms with E-state index in [9.17, 15) is 9.59 Å². The van der Waals surface area contributed by atoms with Gasteiger partial charge in [-0.2, -0.15) is 0 Å². The molecule has 0 radical (unpaired) electrons. The van der Waals surface area contributed by atoms with Crippen LogP contribution in [0.3, 0.4) is 0 Å². The van der Waals surface area contributed by atoms with Gasteiger partial charge in [-0.25, -0.2) is 4.79 Å². The van der Waals surface area contributed by atoms with Gasteiger partial charge in [-0.05, 0) is 33.1 Å². The summed E-state index contributed by atoms with van der Waals surface area (Å²) in [7, 11) is 0. The maximum absolute atomic E-state index is 11.3. The van der Waals surface area contributed by atoms with E-state index < -0.39 is 23.7 Å². The Bertz CT molecular complexity index is 273. The molecule has 0 aliphatic rings. The number of amides is 1. The summed E-state index contributed by atoms with van der Waals surface area (Å²) in [6.07, 6.45) is -0.196. The Morgan fingerprint density at radius 1 is 1.41 bits per heavy atom. The Morgan fingerprint density at radius 2 is 1.94 bits per heavy atom. The maximum atomic E-state index is 11.3. The molecule has 100 valence electrons. The standard InChI is InChI=1S/C11H22N2O4/c1-7(5-8(12)9(14)15)6-13-10(16)17-11(2,3)4/h7-8H,5-6,12H2,1-4H3,(H,13,16)(H,14,15)/t7?,8-/m0/s1. The van der Waals surface area contributed by atoms with Gasteiger partial charge in [0.05, 0.1) is 0 Å². The third-order valence-corrected chi connectivity index (χ3v) is 1.97. The number of hydrogen-bond acceptors (Lipinski definition) is 4. The maximum Gasteiger partial charge on any atom is 0.407 e. The Balaban J connectivity index is 3.88. The van der Waals surface area contributed by atoms with Crippen molar-refractivity contribution in [3.63, 3.8) is 0 Å². The van der Waals surface area contributed by atoms with Crippen LogP contribution in [0.25, 0.3) is 0 Å². The number of aliphatic carboxylic acids is 1. The normalized spacial score (nSPS) is 14.9. The van der Waals surface area contributed by atoms with Crippen molar-refractivity contribution in [2.24, 2.45) is 11.7 Å². The molecule has 0 fully saturated rings. The van der Waals surface area contributed by atoms with Crippen LogP contribution in [0.2, 0.25) is 0 Å². The minimum atomic E-state index is -1.03. The van der Waals surface area contributed by atoms with Gasteiger partial charge in [-0.3, -0.25) is 4.79 Å². The highest BCUT2D eigenvalue weighted by molar-refractivity contribution is 5.73. The molecule has 6 heteroatoms. The van der Waals surface area contributed by atoms with Gasteiger partial charge < -0.3 is 20.9 Å². The number of alkyl carbamates (subject to hydrolysis) is 1. The summed E-state index contributed by atoms with van der Waals surface area (Å²) < 4.78 is 5.04. The van der Waals surface area contributed by atoms with Crippen LogP contribution in [0.1, 0.15) is 34.1 Å². The molecule has 0 rings (SSSR count). The van der Waals surface area contributed by atoms with Gasteiger partial charge in [-0.1, -0.05) is 6.92 Å². The van der Waals surface area contributed by atoms with Gasteiger partial charge in [0.1, 0.15) is 11.6 Å². The summed E-state index contributed by atoms with van der Waals surface area (Å²) in [5, 5.41) is 11.2. The molecule has 0 heterocycles. The number of nitrogens with two attached hydrogens (primary N) is 1. The van der Waals surface area contributed by atoms with Gasteiger partial charge >= 0.3 is 12.1 Å². The first-order valence-electron chi connectivity index (χ1n) is 5.57. The van der Waals surface area contributed by atoms with Crippen molar-refractivity contribution in [3.05, 3.63) is 0 Å². The molecule has 0 bridgehead atoms. The number of carboxylic acids is 1. The third-order valence-electron chi connectivity index (χ3n) is 1.97. The molecule has 0 aromatic heterocycles. The van der Waals surface area contributed by atoms with E-state index in [1.54, 1.807) is 20.8 Å². The smallest absolute Gasteiger partial charge is 0.407 e. The van der Waals surface area contributed by atoms with Gasteiger partial charge in [0.15, 0.2) is 0 Å². The SMILES string of the molecule is CC(CNC(=O)OC(C)(C)C)C[C@H](N)C(=O)O. The molecule has 6 nitrogen and oxygen atoms in total. The van der Waals surface area contributed by atoms with E-state index in [-0.39, 0.29) is 5.92 Å². The summed E-state index contributed by atoms with van der Waals surface area (Å²) in [4.78, 5) is 21.8. The number of nitrogens with one attached hydrogen (secondary N) is 1. The highest BCUT2D eigenvalue weighted by Gasteiger charge is 2.18. The summed E-state index contributed by atoms with van der Waals surface area (Å²) in [5.74, 6) is -1.05. The predicted octanol–water partition coefficient (Wildman–Crippen LogP) is 0.949. The zero-order valence-electron chi connectivity index (χ0n) is 10.8. The molecular weight excluding hydrogens is 224 g/mol. The van der Waals surface area contributed by atoms with E-state index in [1.807, 2.05) is 6.92 Å². The zero-order valence-corrected chi connectivity index (χ0v) is 10.8. The predicted molar refractivity (Wildman–Crippen MR) is 63.6 cm³/mol. The third kappa shape index (κ3) is 8.50. The van der Waals surface area contributed by atoms with E-state index in [2.05, 4.69) is 5.32 Å². The molecule has 0 saturated heterocycles. The average Bonchev–Trinajstić information content (AvgIpc) is 2.11. The number of carbonyl (C=O) groups is 2. The fraction of sp³-hybridized carbons (Fsp3) is 0.818. The zero-order chi connectivity index (χ0) is 13.6. The first kappa shape index (κ1) is 15.7. The number of hydrogen-bond donors (Lipinski definition) is 3. The lowest BCUT2D eigenvalue weighted by Crippen LogP contribution is -2.38. The highest BCUT2D eigenvalue weighted by atomic mass is 16.6. The van der Waals surface area contributed by atoms with Crippen LogP contribution >= 0.6 is 0 Å². The van der Waals surface area contributed by atoms with E-state index in [1.165, 1.54) is 0 Å². The van der Waals surface area contributed by atoms with Crippen molar-refractivity contribution < 1.29 is 19.4 Å².